The van der Waals surface area contributed by atoms with Crippen molar-refractivity contribution in [1.29, 1.82) is 0 Å². The molecule has 1 fully saturated rings. The van der Waals surface area contributed by atoms with Crippen molar-refractivity contribution in [1.82, 2.24) is 10.0 Å². The second-order valence-electron chi connectivity index (χ2n) is 10.3. The van der Waals surface area contributed by atoms with Crippen molar-refractivity contribution in [3.05, 3.63) is 47.2 Å². The van der Waals surface area contributed by atoms with Crippen LogP contribution in [0.25, 0.3) is 0 Å². The third kappa shape index (κ3) is 6.51. The van der Waals surface area contributed by atoms with Crippen LogP contribution in [-0.2, 0) is 27.4 Å². The smallest absolute Gasteiger partial charge is 0.420 e. The first kappa shape index (κ1) is 28.4. The van der Waals surface area contributed by atoms with E-state index in [0.29, 0.717) is 25.8 Å². The van der Waals surface area contributed by atoms with Crippen molar-refractivity contribution in [2.45, 2.75) is 81.9 Å². The predicted molar refractivity (Wildman–Crippen MR) is 134 cm³/mol. The number of carbonyl (C=O) groups excluding carboxylic acids is 1. The fourth-order valence-corrected chi connectivity index (χ4v) is 7.11. The van der Waals surface area contributed by atoms with Gasteiger partial charge in [0.1, 0.15) is 34.3 Å². The van der Waals surface area contributed by atoms with E-state index in [-0.39, 0.29) is 18.2 Å². The summed E-state index contributed by atoms with van der Waals surface area (Å²) in [7, 11) is -4.73. The minimum absolute atomic E-state index is 0.0744. The van der Waals surface area contributed by atoms with Crippen LogP contribution in [0, 0.1) is 18.7 Å². The third-order valence-electron chi connectivity index (χ3n) is 7.32. The van der Waals surface area contributed by atoms with Crippen molar-refractivity contribution in [2.24, 2.45) is 5.92 Å². The van der Waals surface area contributed by atoms with E-state index in [9.17, 15) is 30.8 Å². The van der Waals surface area contributed by atoms with E-state index in [1.54, 1.807) is 13.0 Å². The molecule has 2 aliphatic rings. The molecule has 1 unspecified atom stereocenters. The molecule has 1 aromatic carbocycles. The average Bonchev–Trinajstić information content (AvgIpc) is 3.42. The molecular weight excluding hydrogens is 526 g/mol. The van der Waals surface area contributed by atoms with Crippen LogP contribution in [0.2, 0.25) is 0 Å². The molecule has 2 aromatic rings. The summed E-state index contributed by atoms with van der Waals surface area (Å²) in [6.07, 6.45) is 0.897. The second kappa shape index (κ2) is 11.3. The lowest BCUT2D eigenvalue weighted by Crippen LogP contribution is -2.52. The lowest BCUT2D eigenvalue weighted by Gasteiger charge is -2.29. The molecule has 210 valence electrons. The van der Waals surface area contributed by atoms with Crippen LogP contribution in [0.15, 0.2) is 33.8 Å². The van der Waals surface area contributed by atoms with Crippen molar-refractivity contribution in [3.63, 3.8) is 0 Å². The maximum Gasteiger partial charge on any atom is 0.420 e. The number of furan rings is 1. The van der Waals surface area contributed by atoms with Gasteiger partial charge in [-0.1, -0.05) is 32.1 Å². The number of amides is 1. The van der Waals surface area contributed by atoms with Crippen LogP contribution in [0.4, 0.5) is 23.2 Å². The highest BCUT2D eigenvalue weighted by Crippen LogP contribution is 2.37. The normalized spacial score (nSPS) is 18.3. The van der Waals surface area contributed by atoms with Gasteiger partial charge in [0, 0.05) is 24.8 Å². The number of sulfonamides is 1. The number of carbonyl (C=O) groups is 1. The number of rotatable bonds is 9. The van der Waals surface area contributed by atoms with E-state index >= 15 is 0 Å². The Hall–Kier alpha value is -2.60. The Balaban J connectivity index is 1.50. The predicted octanol–water partition coefficient (Wildman–Crippen LogP) is 4.93. The lowest BCUT2D eigenvalue weighted by molar-refractivity contribution is -0.140. The van der Waals surface area contributed by atoms with Gasteiger partial charge in [-0.2, -0.15) is 17.9 Å². The van der Waals surface area contributed by atoms with Gasteiger partial charge < -0.3 is 14.6 Å². The van der Waals surface area contributed by atoms with Crippen LogP contribution < -0.4 is 14.9 Å². The highest BCUT2D eigenvalue weighted by atomic mass is 32.2. The van der Waals surface area contributed by atoms with Gasteiger partial charge in [-0.3, -0.25) is 4.79 Å². The van der Waals surface area contributed by atoms with Crippen molar-refractivity contribution in [3.8, 4) is 0 Å². The third-order valence-corrected chi connectivity index (χ3v) is 8.96. The van der Waals surface area contributed by atoms with Crippen molar-refractivity contribution < 1.29 is 35.2 Å². The molecule has 1 aromatic heterocycles. The summed E-state index contributed by atoms with van der Waals surface area (Å²) in [5.74, 6) is -1.24. The van der Waals surface area contributed by atoms with Gasteiger partial charge in [0.15, 0.2) is 0 Å². The van der Waals surface area contributed by atoms with E-state index < -0.39 is 50.4 Å². The van der Waals surface area contributed by atoms with Crippen LogP contribution in [0.3, 0.4) is 0 Å². The number of nitrogens with one attached hydrogen (secondary N) is 2. The average molecular weight is 560 g/mol. The maximum absolute atomic E-state index is 13.6. The summed E-state index contributed by atoms with van der Waals surface area (Å²) in [6.45, 7) is 3.97. The summed E-state index contributed by atoms with van der Waals surface area (Å²) in [4.78, 5) is 14.4. The molecule has 1 saturated carbocycles. The van der Waals surface area contributed by atoms with Gasteiger partial charge in [-0.25, -0.2) is 12.8 Å². The summed E-state index contributed by atoms with van der Waals surface area (Å²) in [5, 5.41) is 2.84. The van der Waals surface area contributed by atoms with Gasteiger partial charge in [-0.05, 0) is 56.4 Å². The molecular formula is C26H33F4N3O4S. The van der Waals surface area contributed by atoms with E-state index in [0.717, 1.165) is 50.3 Å². The first-order valence-corrected chi connectivity index (χ1v) is 14.3. The molecule has 0 saturated heterocycles. The highest BCUT2D eigenvalue weighted by Gasteiger charge is 2.42. The first-order chi connectivity index (χ1) is 17.8. The SMILES string of the molecule is Cc1occ(C(F)(F)F)c1S(=O)(=O)N[C@@H](CC1CCCCC1)C(=O)NC(C)CN1CCc2cc(F)ccc21. The molecule has 4 rings (SSSR count). The van der Waals surface area contributed by atoms with E-state index in [4.69, 9.17) is 4.42 Å². The minimum Gasteiger partial charge on any atom is -0.468 e. The summed E-state index contributed by atoms with van der Waals surface area (Å²) in [6, 6.07) is 2.90. The Kier molecular flexibility index (Phi) is 8.41. The number of halogens is 4. The molecule has 1 amide bonds. The van der Waals surface area contributed by atoms with Crippen LogP contribution in [0.1, 0.15) is 62.3 Å². The number of fused-ring (bicyclic) bond motifs is 1. The maximum atomic E-state index is 13.6. The Morgan fingerprint density at radius 2 is 1.92 bits per heavy atom. The molecule has 12 heteroatoms. The summed E-state index contributed by atoms with van der Waals surface area (Å²) < 4.78 is 87.5. The quantitative estimate of drug-likeness (QED) is 0.425. The molecule has 2 N–H and O–H groups in total. The molecule has 2 heterocycles. The number of hydrogen-bond donors (Lipinski definition) is 2. The zero-order valence-corrected chi connectivity index (χ0v) is 22.2. The molecule has 7 nitrogen and oxygen atoms in total. The zero-order chi connectivity index (χ0) is 27.7. The second-order valence-corrected chi connectivity index (χ2v) is 12.0. The van der Waals surface area contributed by atoms with E-state index in [2.05, 4.69) is 10.0 Å². The molecule has 0 radical (unpaired) electrons. The topological polar surface area (TPSA) is 91.6 Å². The monoisotopic (exact) mass is 559 g/mol. The Morgan fingerprint density at radius 3 is 2.61 bits per heavy atom. The fraction of sp³-hybridized carbons (Fsp3) is 0.577. The van der Waals surface area contributed by atoms with E-state index in [1.807, 2.05) is 4.90 Å². The number of benzene rings is 1. The molecule has 0 spiro atoms. The lowest BCUT2D eigenvalue weighted by atomic mass is 9.85. The van der Waals surface area contributed by atoms with Gasteiger partial charge in [0.2, 0.25) is 15.9 Å². The highest BCUT2D eigenvalue weighted by molar-refractivity contribution is 7.89. The van der Waals surface area contributed by atoms with Gasteiger partial charge in [-0.15, -0.1) is 0 Å². The van der Waals surface area contributed by atoms with Gasteiger partial charge >= 0.3 is 6.18 Å². The van der Waals surface area contributed by atoms with Crippen molar-refractivity contribution >= 4 is 21.6 Å². The summed E-state index contributed by atoms with van der Waals surface area (Å²) >= 11 is 0. The van der Waals surface area contributed by atoms with E-state index in [1.165, 1.54) is 12.1 Å². The fourth-order valence-electron chi connectivity index (χ4n) is 5.53. The molecule has 2 atom stereocenters. The number of aryl methyl sites for hydroxylation is 1. The minimum atomic E-state index is -4.94. The Bertz CT molecular complexity index is 1260. The Morgan fingerprint density at radius 1 is 1.21 bits per heavy atom. The largest absolute Gasteiger partial charge is 0.468 e. The van der Waals surface area contributed by atoms with Crippen molar-refractivity contribution in [2.75, 3.05) is 18.0 Å². The van der Waals surface area contributed by atoms with Crippen LogP contribution >= 0.6 is 0 Å². The number of anilines is 1. The number of alkyl halides is 3. The van der Waals surface area contributed by atoms with Gasteiger partial charge in [0.05, 0.1) is 0 Å². The molecule has 38 heavy (non-hydrogen) atoms. The number of nitrogens with zero attached hydrogens (tertiary/aromatic N) is 1. The van der Waals surface area contributed by atoms with Gasteiger partial charge in [0.25, 0.3) is 0 Å². The standard InChI is InChI=1S/C26H33F4N3O4S/c1-16(14-33-11-10-19-13-20(27)8-9-23(19)33)31-25(34)22(12-18-6-4-3-5-7-18)32-38(35,36)24-17(2)37-15-21(24)26(28,29)30/h8-9,13,15-16,18,22,32H,3-7,10-12,14H2,1-2H3,(H,31,34)/t16?,22-/m0/s1. The van der Waals surface area contributed by atoms with Crippen LogP contribution in [-0.4, -0.2) is 39.5 Å². The Labute approximate surface area is 220 Å². The first-order valence-electron chi connectivity index (χ1n) is 12.9. The molecule has 1 aliphatic heterocycles. The molecule has 1 aliphatic carbocycles. The zero-order valence-electron chi connectivity index (χ0n) is 21.4. The molecule has 0 bridgehead atoms. The number of hydrogen-bond acceptors (Lipinski definition) is 5. The summed E-state index contributed by atoms with van der Waals surface area (Å²) in [5.41, 5.74) is 0.348. The van der Waals surface area contributed by atoms with Crippen LogP contribution in [0.5, 0.6) is 0 Å².